The highest BCUT2D eigenvalue weighted by Crippen LogP contribution is 2.18. The Morgan fingerprint density at radius 3 is 2.75 bits per heavy atom. The Morgan fingerprint density at radius 2 is 2.20 bits per heavy atom. The zero-order valence-corrected chi connectivity index (χ0v) is 12.1. The molecule has 1 N–H and O–H groups in total. The number of aromatic nitrogens is 4. The van der Waals surface area contributed by atoms with Gasteiger partial charge in [-0.15, -0.1) is 0 Å². The van der Waals surface area contributed by atoms with Gasteiger partial charge >= 0.3 is 0 Å². The molecule has 0 radical (unpaired) electrons. The fourth-order valence-corrected chi connectivity index (χ4v) is 2.87. The SMILES string of the molecule is CCn1cc(S(=O)(=O)Nc2c(C#N)cnn2C)nc1C. The van der Waals surface area contributed by atoms with Crippen molar-refractivity contribution >= 4 is 15.8 Å². The summed E-state index contributed by atoms with van der Waals surface area (Å²) in [7, 11) is -2.29. The summed E-state index contributed by atoms with van der Waals surface area (Å²) in [5.74, 6) is 0.731. The minimum absolute atomic E-state index is 0.0815. The molecule has 0 aliphatic carbocycles. The number of nitrogens with one attached hydrogen (secondary N) is 1. The average molecular weight is 294 g/mol. The fourth-order valence-electron chi connectivity index (χ4n) is 1.75. The summed E-state index contributed by atoms with van der Waals surface area (Å²) in [6.07, 6.45) is 2.76. The van der Waals surface area contributed by atoms with E-state index in [2.05, 4.69) is 14.8 Å². The molecule has 20 heavy (non-hydrogen) atoms. The van der Waals surface area contributed by atoms with E-state index in [-0.39, 0.29) is 16.4 Å². The number of rotatable bonds is 4. The Balaban J connectivity index is 2.41. The second-order valence-electron chi connectivity index (χ2n) is 4.16. The minimum atomic E-state index is -3.84. The monoisotopic (exact) mass is 294 g/mol. The summed E-state index contributed by atoms with van der Waals surface area (Å²) < 4.78 is 29.9. The Morgan fingerprint density at radius 1 is 1.50 bits per heavy atom. The minimum Gasteiger partial charge on any atom is -0.334 e. The van der Waals surface area contributed by atoms with Gasteiger partial charge < -0.3 is 4.57 Å². The Hall–Kier alpha value is -2.34. The first kappa shape index (κ1) is 14.1. The number of nitrogens with zero attached hydrogens (tertiary/aromatic N) is 5. The molecule has 0 aromatic carbocycles. The largest absolute Gasteiger partial charge is 0.334 e. The van der Waals surface area contributed by atoms with Gasteiger partial charge in [0.05, 0.1) is 6.20 Å². The van der Waals surface area contributed by atoms with Gasteiger partial charge in [-0.05, 0) is 13.8 Å². The van der Waals surface area contributed by atoms with Gasteiger partial charge in [-0.3, -0.25) is 9.40 Å². The first-order valence-corrected chi connectivity index (χ1v) is 7.36. The van der Waals surface area contributed by atoms with Gasteiger partial charge in [0.1, 0.15) is 17.5 Å². The third-order valence-electron chi connectivity index (χ3n) is 2.86. The zero-order chi connectivity index (χ0) is 14.9. The molecule has 0 unspecified atom stereocenters. The van der Waals surface area contributed by atoms with E-state index in [9.17, 15) is 8.42 Å². The van der Waals surface area contributed by atoms with Crippen LogP contribution in [0.3, 0.4) is 0 Å². The lowest BCUT2D eigenvalue weighted by atomic mass is 10.4. The molecule has 9 heteroatoms. The van der Waals surface area contributed by atoms with Crippen molar-refractivity contribution in [2.24, 2.45) is 7.05 Å². The van der Waals surface area contributed by atoms with Crippen LogP contribution in [0.4, 0.5) is 5.82 Å². The van der Waals surface area contributed by atoms with Gasteiger partial charge in [-0.1, -0.05) is 0 Å². The van der Waals surface area contributed by atoms with Crippen molar-refractivity contribution in [3.05, 3.63) is 23.8 Å². The standard InChI is InChI=1S/C11H14N6O2S/c1-4-17-7-10(14-8(17)2)20(18,19)15-11-9(5-12)6-13-16(11)3/h6-7,15H,4H2,1-3H3. The van der Waals surface area contributed by atoms with Crippen LogP contribution in [-0.4, -0.2) is 27.7 Å². The number of imidazole rings is 1. The Kier molecular flexibility index (Phi) is 3.50. The molecular weight excluding hydrogens is 280 g/mol. The second kappa shape index (κ2) is 4.97. The van der Waals surface area contributed by atoms with Crippen LogP contribution in [0, 0.1) is 18.3 Å². The first-order valence-electron chi connectivity index (χ1n) is 5.87. The predicted molar refractivity (Wildman–Crippen MR) is 71.4 cm³/mol. The molecular formula is C11H14N6O2S. The fraction of sp³-hybridized carbons (Fsp3) is 0.364. The maximum Gasteiger partial charge on any atom is 0.282 e. The molecule has 0 saturated carbocycles. The molecule has 8 nitrogen and oxygen atoms in total. The van der Waals surface area contributed by atoms with Gasteiger partial charge in [0.2, 0.25) is 0 Å². The molecule has 2 rings (SSSR count). The number of anilines is 1. The number of sulfonamides is 1. The second-order valence-corrected chi connectivity index (χ2v) is 5.79. The number of hydrogen-bond donors (Lipinski definition) is 1. The molecule has 2 aromatic rings. The van der Waals surface area contributed by atoms with Crippen LogP contribution in [0.1, 0.15) is 18.3 Å². The van der Waals surface area contributed by atoms with E-state index in [0.29, 0.717) is 12.4 Å². The summed E-state index contributed by atoms with van der Waals surface area (Å²) in [5, 5.41) is 12.7. The summed E-state index contributed by atoms with van der Waals surface area (Å²) in [5.41, 5.74) is 0.155. The Labute approximate surface area is 116 Å². The van der Waals surface area contributed by atoms with E-state index >= 15 is 0 Å². The number of aryl methyl sites for hydroxylation is 3. The lowest BCUT2D eigenvalue weighted by molar-refractivity contribution is 0.597. The van der Waals surface area contributed by atoms with Crippen molar-refractivity contribution in [2.75, 3.05) is 4.72 Å². The van der Waals surface area contributed by atoms with E-state index in [1.165, 1.54) is 17.1 Å². The molecule has 2 aromatic heterocycles. The molecule has 0 spiro atoms. The molecule has 2 heterocycles. The maximum atomic E-state index is 12.3. The van der Waals surface area contributed by atoms with Gasteiger partial charge in [0.25, 0.3) is 10.0 Å². The van der Waals surface area contributed by atoms with Gasteiger partial charge in [-0.25, -0.2) is 4.98 Å². The van der Waals surface area contributed by atoms with Crippen LogP contribution in [0.5, 0.6) is 0 Å². The molecule has 0 aliphatic rings. The number of nitriles is 1. The normalized spacial score (nSPS) is 11.3. The van der Waals surface area contributed by atoms with Crippen molar-refractivity contribution in [2.45, 2.75) is 25.4 Å². The van der Waals surface area contributed by atoms with Crippen LogP contribution >= 0.6 is 0 Å². The van der Waals surface area contributed by atoms with Crippen molar-refractivity contribution in [1.82, 2.24) is 19.3 Å². The maximum absolute atomic E-state index is 12.3. The van der Waals surface area contributed by atoms with Crippen LogP contribution in [-0.2, 0) is 23.6 Å². The van der Waals surface area contributed by atoms with E-state index < -0.39 is 10.0 Å². The van der Waals surface area contributed by atoms with Crippen molar-refractivity contribution in [3.63, 3.8) is 0 Å². The Bertz CT molecular complexity index is 780. The van der Waals surface area contributed by atoms with Gasteiger partial charge in [-0.2, -0.15) is 18.8 Å². The molecule has 0 bridgehead atoms. The highest BCUT2D eigenvalue weighted by molar-refractivity contribution is 7.92. The van der Waals surface area contributed by atoms with Crippen LogP contribution in [0.15, 0.2) is 17.4 Å². The van der Waals surface area contributed by atoms with Gasteiger partial charge in [0, 0.05) is 19.8 Å². The highest BCUT2D eigenvalue weighted by atomic mass is 32.2. The van der Waals surface area contributed by atoms with E-state index in [1.54, 1.807) is 18.5 Å². The third kappa shape index (κ3) is 2.37. The molecule has 0 saturated heterocycles. The van der Waals surface area contributed by atoms with Crippen molar-refractivity contribution < 1.29 is 8.42 Å². The molecule has 0 fully saturated rings. The zero-order valence-electron chi connectivity index (χ0n) is 11.3. The summed E-state index contributed by atoms with van der Waals surface area (Å²) in [6.45, 7) is 4.25. The smallest absolute Gasteiger partial charge is 0.282 e. The van der Waals surface area contributed by atoms with Gasteiger partial charge in [0.15, 0.2) is 10.8 Å². The highest BCUT2D eigenvalue weighted by Gasteiger charge is 2.22. The lowest BCUT2D eigenvalue weighted by Crippen LogP contribution is -2.16. The van der Waals surface area contributed by atoms with Crippen molar-refractivity contribution in [3.8, 4) is 6.07 Å². The average Bonchev–Trinajstić information content (AvgIpc) is 2.94. The summed E-state index contributed by atoms with van der Waals surface area (Å²) >= 11 is 0. The van der Waals surface area contributed by atoms with Crippen LogP contribution < -0.4 is 4.72 Å². The molecule has 0 aliphatic heterocycles. The van der Waals surface area contributed by atoms with Crippen molar-refractivity contribution in [1.29, 1.82) is 5.26 Å². The van der Waals surface area contributed by atoms with E-state index in [4.69, 9.17) is 5.26 Å². The summed E-state index contributed by atoms with van der Waals surface area (Å²) in [6, 6.07) is 1.88. The number of hydrogen-bond acceptors (Lipinski definition) is 5. The topological polar surface area (TPSA) is 106 Å². The quantitative estimate of drug-likeness (QED) is 0.889. The first-order chi connectivity index (χ1) is 9.39. The van der Waals surface area contributed by atoms with E-state index in [1.807, 2.05) is 13.0 Å². The van der Waals surface area contributed by atoms with Crippen LogP contribution in [0.2, 0.25) is 0 Å². The molecule has 0 amide bonds. The molecule has 106 valence electrons. The molecule has 0 atom stereocenters. The summed E-state index contributed by atoms with van der Waals surface area (Å²) in [4.78, 5) is 4.02. The third-order valence-corrected chi connectivity index (χ3v) is 4.07. The van der Waals surface area contributed by atoms with E-state index in [0.717, 1.165) is 0 Å². The van der Waals surface area contributed by atoms with Crippen LogP contribution in [0.25, 0.3) is 0 Å². The predicted octanol–water partition coefficient (Wildman–Crippen LogP) is 0.617. The lowest BCUT2D eigenvalue weighted by Gasteiger charge is -2.06.